The van der Waals surface area contributed by atoms with Crippen molar-refractivity contribution in [3.63, 3.8) is 0 Å². The fourth-order valence-electron chi connectivity index (χ4n) is 12.7. The number of benzene rings is 5. The zero-order valence-corrected chi connectivity index (χ0v) is 79.3. The van der Waals surface area contributed by atoms with E-state index >= 15 is 0 Å². The Hall–Kier alpha value is -7.96. The number of rotatable bonds is 32. The van der Waals surface area contributed by atoms with E-state index in [0.29, 0.717) is 75.8 Å². The average Bonchev–Trinajstić information content (AvgIpc) is 1.61. The van der Waals surface area contributed by atoms with E-state index < -0.39 is 42.5 Å². The molecule has 3 amide bonds. The first kappa shape index (κ1) is 105. The number of carbonyl (C=O) groups is 7. The van der Waals surface area contributed by atoms with Gasteiger partial charge < -0.3 is 89.0 Å². The van der Waals surface area contributed by atoms with E-state index in [-0.39, 0.29) is 184 Å². The molecular weight excluding hydrogens is 1660 g/mol. The molecule has 3 fully saturated rings. The number of nitrogens with zero attached hydrogens (tertiary/aromatic N) is 9. The summed E-state index contributed by atoms with van der Waals surface area (Å²) < 4.78 is 75.7. The Morgan fingerprint density at radius 3 is 1.08 bits per heavy atom. The Balaban J connectivity index is 0.000000435. The number of esters is 3. The number of hydrogen-bond donors (Lipinski definition) is 3. The third-order valence-corrected chi connectivity index (χ3v) is 18.8. The number of carbonyl (C=O) groups excluding carboxylic acids is 7. The van der Waals surface area contributed by atoms with Gasteiger partial charge >= 0.3 is 121 Å². The molecule has 31 nitrogen and oxygen atoms in total. The van der Waals surface area contributed by atoms with E-state index in [1.54, 1.807) is 104 Å². The molecular formula is C87H115ClFK2N9O22. The Kier molecular flexibility index (Phi) is 49.3. The number of phenolic OH excluding ortho intramolecular Hbond substituents is 1. The minimum Gasteiger partial charge on any atom is -1.00 e. The summed E-state index contributed by atoms with van der Waals surface area (Å²) in [4.78, 5) is 101. The van der Waals surface area contributed by atoms with Gasteiger partial charge in [0.05, 0.1) is 81.2 Å². The number of alkyl halides is 2. The molecule has 3 saturated heterocycles. The van der Waals surface area contributed by atoms with E-state index in [1.165, 1.54) is 50.1 Å². The van der Waals surface area contributed by atoms with Crippen LogP contribution in [0.25, 0.3) is 17.1 Å². The predicted octanol–water partition coefficient (Wildman–Crippen LogP) is 4.25. The maximum Gasteiger partial charge on any atom is 1.00 e. The number of phenols is 1. The molecule has 3 aromatic heterocycles. The molecule has 0 bridgehead atoms. The molecule has 3 aliphatic rings. The van der Waals surface area contributed by atoms with Crippen LogP contribution in [0.15, 0.2) is 133 Å². The summed E-state index contributed by atoms with van der Waals surface area (Å²) in [6.07, 6.45) is 2.88. The Morgan fingerprint density at radius 1 is 0.475 bits per heavy atom. The minimum absolute atomic E-state index is 0. The molecule has 0 radical (unpaired) electrons. The van der Waals surface area contributed by atoms with Gasteiger partial charge in [0.25, 0.3) is 24.2 Å². The molecule has 6 heterocycles. The van der Waals surface area contributed by atoms with Crippen LogP contribution in [0.4, 0.5) is 4.39 Å². The van der Waals surface area contributed by atoms with Gasteiger partial charge in [0.2, 0.25) is 0 Å². The molecule has 122 heavy (non-hydrogen) atoms. The summed E-state index contributed by atoms with van der Waals surface area (Å²) >= 11 is 5.56. The number of aromatic hydroxyl groups is 3. The number of aromatic nitrogens is 3. The molecule has 0 unspecified atom stereocenters. The van der Waals surface area contributed by atoms with Gasteiger partial charge in [-0.05, 0) is 144 Å². The summed E-state index contributed by atoms with van der Waals surface area (Å²) in [6.45, 7) is 24.3. The molecule has 3 N–H and O–H groups in total. The number of halogens is 2. The average molecular weight is 1770 g/mol. The van der Waals surface area contributed by atoms with E-state index in [2.05, 4.69) is 19.6 Å². The summed E-state index contributed by atoms with van der Waals surface area (Å²) in [5.41, 5.74) is 4.91. The number of hydrogen-bond acceptors (Lipinski definition) is 25. The third kappa shape index (κ3) is 31.9. The standard InChI is InChI=1S/C31H39N3O6.C24H26N2O5.C23H31N3O7.C7H14ClNO.CH3F.CH2O3.2K.H/c1-5-38-31(36)28-29(40-22-24-10-7-6-8-11-24)23(2)27(30(35)32(3)4)34(28)25-12-14-26(15-13-25)39-19-9-16-33-17-20-37-21-18-33;1-5-30-24(29)21-22(31-15-17-9-7-6-8-10-17)16(2)20(23(28)25(3)4)26(21)18-11-13-19(27)14-12-18;1-4-32-23(30)19-21(28)20(27)18(22(29)24(2)3)26(19)16-6-8-17(9-7-16)33-13-5-10-25-11-14-31-15-12-25;8-2-1-3-9-4-6-10-7-5-9;1-2;2-1-4-3;;;/h6-8,10-15H,5,9,16-22H2,1-4H3;6-14,27H,5,15H2,1-4H3;6-9,27-28H,4-5,10-15H2,1-3H3;1-7H2;1H3;1,3H;;;/q;;;;;;2*+1;-1/p-1/i;;;;1D;;;;. The summed E-state index contributed by atoms with van der Waals surface area (Å²) in [6, 6.07) is 39.6. The van der Waals surface area contributed by atoms with Crippen molar-refractivity contribution in [2.24, 2.45) is 0 Å². The van der Waals surface area contributed by atoms with Gasteiger partial charge in [-0.3, -0.25) is 52.0 Å². The van der Waals surface area contributed by atoms with Crippen molar-refractivity contribution in [3.8, 4) is 57.3 Å². The maximum atomic E-state index is 13.4. The molecule has 0 atom stereocenters. The molecule has 656 valence electrons. The second-order valence-corrected chi connectivity index (χ2v) is 27.9. The molecule has 3 aliphatic heterocycles. The molecule has 0 saturated carbocycles. The van der Waals surface area contributed by atoms with E-state index in [0.717, 1.165) is 135 Å². The first-order valence-corrected chi connectivity index (χ1v) is 39.9. The van der Waals surface area contributed by atoms with Crippen LogP contribution in [0.5, 0.6) is 40.2 Å². The van der Waals surface area contributed by atoms with Gasteiger partial charge in [-0.1, -0.05) is 60.7 Å². The van der Waals surface area contributed by atoms with Crippen LogP contribution >= 0.6 is 11.6 Å². The smallest absolute Gasteiger partial charge is 1.00 e. The topological polar surface area (TPSA) is 339 Å². The van der Waals surface area contributed by atoms with Crippen molar-refractivity contribution in [3.05, 3.63) is 190 Å². The minimum atomic E-state index is -1.00. The molecule has 0 aliphatic carbocycles. The van der Waals surface area contributed by atoms with E-state index in [1.807, 2.05) is 84.9 Å². The second kappa shape index (κ2) is 57.5. The summed E-state index contributed by atoms with van der Waals surface area (Å²) in [5.74, 6) is -1.70. The van der Waals surface area contributed by atoms with Crippen LogP contribution in [0.2, 0.25) is 0 Å². The number of morpholine rings is 3. The Morgan fingerprint density at radius 2 is 0.770 bits per heavy atom. The summed E-state index contributed by atoms with van der Waals surface area (Å²) in [7, 11) is 8.67. The van der Waals surface area contributed by atoms with Crippen molar-refractivity contribution in [1.29, 1.82) is 0 Å². The van der Waals surface area contributed by atoms with Crippen molar-refractivity contribution >= 4 is 53.7 Å². The van der Waals surface area contributed by atoms with Crippen LogP contribution in [0, 0.1) is 13.8 Å². The first-order valence-electron chi connectivity index (χ1n) is 40.0. The van der Waals surface area contributed by atoms with Crippen LogP contribution in [0.1, 0.15) is 128 Å². The molecule has 8 aromatic rings. The molecule has 35 heteroatoms. The van der Waals surface area contributed by atoms with E-state index in [9.17, 15) is 48.5 Å². The fourth-order valence-corrected chi connectivity index (χ4v) is 12.8. The van der Waals surface area contributed by atoms with E-state index in [4.69, 9.17) is 70.4 Å². The van der Waals surface area contributed by atoms with Crippen LogP contribution in [-0.4, -0.2) is 287 Å². The molecule has 0 spiro atoms. The second-order valence-electron chi connectivity index (χ2n) is 27.5. The van der Waals surface area contributed by atoms with Crippen molar-refractivity contribution in [1.82, 2.24) is 43.1 Å². The Bertz CT molecular complexity index is 4500. The predicted molar refractivity (Wildman–Crippen MR) is 448 cm³/mol. The monoisotopic (exact) mass is 1770 g/mol. The molecule has 11 rings (SSSR count). The van der Waals surface area contributed by atoms with Gasteiger partial charge in [-0.25, -0.2) is 14.4 Å². The Labute approximate surface area is 806 Å². The summed E-state index contributed by atoms with van der Waals surface area (Å²) in [5, 5.41) is 39.0. The van der Waals surface area contributed by atoms with Gasteiger partial charge in [0.1, 0.15) is 41.9 Å². The van der Waals surface area contributed by atoms with Crippen LogP contribution in [-0.2, 0) is 51.3 Å². The van der Waals surface area contributed by atoms with Crippen molar-refractivity contribution in [2.75, 3.05) is 187 Å². The quantitative estimate of drug-likeness (QED) is 0.00775. The van der Waals surface area contributed by atoms with Crippen molar-refractivity contribution < 1.29 is 216 Å². The number of ether oxygens (including phenoxy) is 10. The fraction of sp³-hybridized carbons (Fsp3) is 0.437. The zero-order chi connectivity index (χ0) is 88.3. The van der Waals surface area contributed by atoms with Gasteiger partial charge in [-0.2, -0.15) is 0 Å². The third-order valence-electron chi connectivity index (χ3n) is 18.6. The largest absolute Gasteiger partial charge is 1.00 e. The maximum absolute atomic E-state index is 13.4. The van der Waals surface area contributed by atoms with Gasteiger partial charge in [0, 0.05) is 129 Å². The van der Waals surface area contributed by atoms with Crippen LogP contribution < -0.4 is 127 Å². The normalized spacial score (nSPS) is 13.0. The van der Waals surface area contributed by atoms with Gasteiger partial charge in [0.15, 0.2) is 45.8 Å². The molecule has 5 aromatic carbocycles. The first-order chi connectivity index (χ1) is 58.4. The van der Waals surface area contributed by atoms with Gasteiger partial charge in [-0.15, -0.1) is 11.6 Å². The number of amides is 3. The SMILES string of the molecule is CCOC(=O)c1c(O)c(O)c(C(=O)N(C)C)n1-c1ccc(OCCCN2CCOCC2)cc1.CCOC(=O)c1c(OCc2ccccc2)c(C)c(C(=O)N(C)C)n1-c1ccc(O)cc1.CCOC(=O)c1c(OCc2ccccc2)c(C)c(C(=O)N(C)C)n1-c1ccc(OCCCN2CCOCC2)cc1.ClCCCN1CCOCC1.O=CO[O-].[2H]CF.[H-].[K+].[K+]. The van der Waals surface area contributed by atoms with Crippen molar-refractivity contribution in [2.45, 2.75) is 67.1 Å². The van der Waals surface area contributed by atoms with Crippen LogP contribution in [0.3, 0.4) is 0 Å². The zero-order valence-electron chi connectivity index (χ0n) is 74.3.